The minimum Gasteiger partial charge on any atom is -0.434 e. The molecular weight excluding hydrogens is 362 g/mol. The first-order valence-electron chi connectivity index (χ1n) is 5.02. The molecule has 2 nitrogen and oxygen atoms in total. The Hall–Kier alpha value is -0.980. The highest BCUT2D eigenvalue weighted by Gasteiger charge is 2.19. The van der Waals surface area contributed by atoms with Crippen LogP contribution < -0.4 is 4.74 Å². The first-order valence-corrected chi connectivity index (χ1v) is 7.01. The van der Waals surface area contributed by atoms with Crippen LogP contribution in [-0.2, 0) is 0 Å². The molecule has 2 aromatic rings. The second-order valence-corrected chi connectivity index (χ2v) is 5.94. The van der Waals surface area contributed by atoms with Gasteiger partial charge in [0.05, 0.1) is 10.4 Å². The summed E-state index contributed by atoms with van der Waals surface area (Å²) in [6.45, 7) is -2.98. The zero-order chi connectivity index (χ0) is 14.0. The Balaban J connectivity index is 2.38. The second kappa shape index (κ2) is 5.98. The smallest absolute Gasteiger partial charge is 0.387 e. The molecule has 0 spiro atoms. The lowest BCUT2D eigenvalue weighted by Gasteiger charge is -2.08. The number of halogens is 4. The van der Waals surface area contributed by atoms with Crippen molar-refractivity contribution in [2.75, 3.05) is 0 Å². The molecule has 0 saturated carbocycles. The Kier molecular flexibility index (Phi) is 4.54. The average Bonchev–Trinajstić information content (AvgIpc) is 2.69. The molecule has 0 atom stereocenters. The van der Waals surface area contributed by atoms with E-state index in [1.54, 1.807) is 12.1 Å². The number of alkyl halides is 2. The molecule has 0 amide bonds. The molecular formula is C12H6BrClF2O2S. The lowest BCUT2D eigenvalue weighted by molar-refractivity contribution is -0.0501. The topological polar surface area (TPSA) is 26.3 Å². The molecule has 0 fully saturated rings. The second-order valence-electron chi connectivity index (χ2n) is 3.44. The molecule has 0 aliphatic rings. The van der Waals surface area contributed by atoms with E-state index in [0.29, 0.717) is 13.7 Å². The largest absolute Gasteiger partial charge is 0.434 e. The van der Waals surface area contributed by atoms with E-state index in [0.717, 1.165) is 11.3 Å². The SMILES string of the molecule is O=C(c1cc(Br)c(Cl)s1)c1ccccc1OC(F)F. The fourth-order valence-corrected chi connectivity index (χ4v) is 3.10. The first kappa shape index (κ1) is 14.4. The minimum absolute atomic E-state index is 0.0771. The third-order valence-corrected chi connectivity index (χ3v) is 4.69. The van der Waals surface area contributed by atoms with E-state index in [1.165, 1.54) is 18.2 Å². The molecule has 0 aliphatic heterocycles. The van der Waals surface area contributed by atoms with Crippen LogP contribution in [0.5, 0.6) is 5.75 Å². The monoisotopic (exact) mass is 366 g/mol. The fourth-order valence-electron chi connectivity index (χ4n) is 1.44. The summed E-state index contributed by atoms with van der Waals surface area (Å²) in [5.41, 5.74) is 0.0771. The Morgan fingerprint density at radius 1 is 1.37 bits per heavy atom. The minimum atomic E-state index is -2.98. The maximum absolute atomic E-state index is 12.3. The number of hydrogen-bond donors (Lipinski definition) is 0. The van der Waals surface area contributed by atoms with Crippen LogP contribution >= 0.6 is 38.9 Å². The number of benzene rings is 1. The van der Waals surface area contributed by atoms with Gasteiger partial charge >= 0.3 is 6.61 Å². The molecule has 0 radical (unpaired) electrons. The van der Waals surface area contributed by atoms with E-state index < -0.39 is 12.4 Å². The number of rotatable bonds is 4. The third kappa shape index (κ3) is 3.32. The van der Waals surface area contributed by atoms with Crippen LogP contribution in [0.3, 0.4) is 0 Å². The quantitative estimate of drug-likeness (QED) is 0.711. The first-order chi connectivity index (χ1) is 8.99. The zero-order valence-electron chi connectivity index (χ0n) is 9.20. The van der Waals surface area contributed by atoms with Gasteiger partial charge in [0.1, 0.15) is 10.1 Å². The van der Waals surface area contributed by atoms with Crippen molar-refractivity contribution in [2.24, 2.45) is 0 Å². The highest BCUT2D eigenvalue weighted by molar-refractivity contribution is 9.10. The van der Waals surface area contributed by atoms with Crippen LogP contribution in [0.25, 0.3) is 0 Å². The Morgan fingerprint density at radius 2 is 2.05 bits per heavy atom. The normalized spacial score (nSPS) is 10.8. The van der Waals surface area contributed by atoms with Gasteiger partial charge in [-0.15, -0.1) is 11.3 Å². The molecule has 0 saturated heterocycles. The van der Waals surface area contributed by atoms with Crippen molar-refractivity contribution in [1.29, 1.82) is 0 Å². The van der Waals surface area contributed by atoms with Gasteiger partial charge in [-0.05, 0) is 34.1 Å². The summed E-state index contributed by atoms with van der Waals surface area (Å²) in [6, 6.07) is 7.40. The standard InChI is InChI=1S/C12H6BrClF2O2S/c13-7-5-9(19-11(7)14)10(17)6-3-1-2-4-8(6)18-12(15)16/h1-5,12H. The molecule has 7 heteroatoms. The summed E-state index contributed by atoms with van der Waals surface area (Å²) < 4.78 is 29.9. The number of carbonyl (C=O) groups is 1. The molecule has 0 aliphatic carbocycles. The van der Waals surface area contributed by atoms with Gasteiger partial charge < -0.3 is 4.74 Å². The average molecular weight is 368 g/mol. The number of thiophene rings is 1. The number of carbonyl (C=O) groups excluding carboxylic acids is 1. The van der Waals surface area contributed by atoms with Gasteiger partial charge in [0.25, 0.3) is 0 Å². The van der Waals surface area contributed by atoms with Crippen LogP contribution in [-0.4, -0.2) is 12.4 Å². The summed E-state index contributed by atoms with van der Waals surface area (Å²) in [6.07, 6.45) is 0. The Labute approximate surface area is 125 Å². The van der Waals surface area contributed by atoms with Crippen molar-refractivity contribution in [1.82, 2.24) is 0 Å². The maximum atomic E-state index is 12.3. The maximum Gasteiger partial charge on any atom is 0.387 e. The predicted octanol–water partition coefficient (Wildman–Crippen LogP) is 5.00. The molecule has 0 N–H and O–H groups in total. The molecule has 1 heterocycles. The predicted molar refractivity (Wildman–Crippen MR) is 73.5 cm³/mol. The highest BCUT2D eigenvalue weighted by Crippen LogP contribution is 2.34. The van der Waals surface area contributed by atoms with Crippen molar-refractivity contribution in [3.05, 3.63) is 49.6 Å². The van der Waals surface area contributed by atoms with E-state index in [2.05, 4.69) is 20.7 Å². The van der Waals surface area contributed by atoms with Gasteiger partial charge in [0.2, 0.25) is 5.78 Å². The van der Waals surface area contributed by atoms with Gasteiger partial charge in [0.15, 0.2) is 0 Å². The number of para-hydroxylation sites is 1. The van der Waals surface area contributed by atoms with Gasteiger partial charge in [0, 0.05) is 4.47 Å². The zero-order valence-corrected chi connectivity index (χ0v) is 12.4. The van der Waals surface area contributed by atoms with E-state index in [9.17, 15) is 13.6 Å². The van der Waals surface area contributed by atoms with Gasteiger partial charge in [-0.2, -0.15) is 8.78 Å². The summed E-state index contributed by atoms with van der Waals surface area (Å²) in [5, 5.41) is 0. The summed E-state index contributed by atoms with van der Waals surface area (Å²) in [7, 11) is 0. The summed E-state index contributed by atoms with van der Waals surface area (Å²) in [4.78, 5) is 12.6. The molecule has 0 bridgehead atoms. The molecule has 1 aromatic heterocycles. The third-order valence-electron chi connectivity index (χ3n) is 2.22. The summed E-state index contributed by atoms with van der Waals surface area (Å²) >= 11 is 10.1. The highest BCUT2D eigenvalue weighted by atomic mass is 79.9. The van der Waals surface area contributed by atoms with Crippen molar-refractivity contribution >= 4 is 44.7 Å². The van der Waals surface area contributed by atoms with Crippen LogP contribution in [0.15, 0.2) is 34.8 Å². The van der Waals surface area contributed by atoms with Crippen molar-refractivity contribution in [3.63, 3.8) is 0 Å². The molecule has 2 rings (SSSR count). The van der Waals surface area contributed by atoms with Crippen LogP contribution in [0, 0.1) is 0 Å². The number of ketones is 1. The van der Waals surface area contributed by atoms with Crippen LogP contribution in [0.4, 0.5) is 8.78 Å². The molecule has 0 unspecified atom stereocenters. The van der Waals surface area contributed by atoms with Crippen molar-refractivity contribution in [2.45, 2.75) is 6.61 Å². The van der Waals surface area contributed by atoms with Crippen LogP contribution in [0.1, 0.15) is 15.2 Å². The van der Waals surface area contributed by atoms with Gasteiger partial charge in [-0.3, -0.25) is 4.79 Å². The Bertz CT molecular complexity index is 596. The van der Waals surface area contributed by atoms with E-state index >= 15 is 0 Å². The fraction of sp³-hybridized carbons (Fsp3) is 0.0833. The lowest BCUT2D eigenvalue weighted by Crippen LogP contribution is -2.07. The van der Waals surface area contributed by atoms with E-state index in [-0.39, 0.29) is 11.3 Å². The number of hydrogen-bond acceptors (Lipinski definition) is 3. The van der Waals surface area contributed by atoms with Crippen LogP contribution in [0.2, 0.25) is 4.34 Å². The number of ether oxygens (including phenoxy) is 1. The summed E-state index contributed by atoms with van der Waals surface area (Å²) in [5.74, 6) is -0.558. The molecule has 1 aromatic carbocycles. The van der Waals surface area contributed by atoms with Gasteiger partial charge in [-0.1, -0.05) is 23.7 Å². The molecule has 100 valence electrons. The molecule has 19 heavy (non-hydrogen) atoms. The van der Waals surface area contributed by atoms with Crippen molar-refractivity contribution < 1.29 is 18.3 Å². The van der Waals surface area contributed by atoms with E-state index in [1.807, 2.05) is 0 Å². The van der Waals surface area contributed by atoms with E-state index in [4.69, 9.17) is 11.6 Å². The van der Waals surface area contributed by atoms with Gasteiger partial charge in [-0.25, -0.2) is 0 Å². The van der Waals surface area contributed by atoms with Crippen molar-refractivity contribution in [3.8, 4) is 5.75 Å². The Morgan fingerprint density at radius 3 is 2.63 bits per heavy atom. The lowest BCUT2D eigenvalue weighted by atomic mass is 10.1.